The summed E-state index contributed by atoms with van der Waals surface area (Å²) in [4.78, 5) is 55.2. The van der Waals surface area contributed by atoms with Crippen molar-refractivity contribution in [3.8, 4) is 0 Å². The van der Waals surface area contributed by atoms with Gasteiger partial charge in [0.25, 0.3) is 20.9 Å². The highest BCUT2D eigenvalue weighted by atomic mass is 35.7. The normalized spacial score (nSPS) is 16.2. The molecule has 2 saturated heterocycles. The number of carbonyl (C=O) groups is 4. The Morgan fingerprint density at radius 1 is 0.556 bits per heavy atom. The molecule has 12 nitrogen and oxygen atoms in total. The zero-order valence-corrected chi connectivity index (χ0v) is 40.7. The van der Waals surface area contributed by atoms with Crippen molar-refractivity contribution in [3.05, 3.63) is 228 Å². The minimum absolute atomic E-state index is 0.0875. The van der Waals surface area contributed by atoms with Crippen molar-refractivity contribution in [2.24, 2.45) is 0 Å². The molecule has 368 valence electrons. The number of nitrogens with one attached hydrogen (secondary N) is 2. The molecule has 0 aliphatic carbocycles. The number of hydrogen-bond donors (Lipinski definition) is 2. The second kappa shape index (κ2) is 23.6. The van der Waals surface area contributed by atoms with Crippen LogP contribution in [0.3, 0.4) is 0 Å². The van der Waals surface area contributed by atoms with Crippen molar-refractivity contribution in [1.82, 2.24) is 10.6 Å². The number of nitrogens with zero attached hydrogens (tertiary/aromatic N) is 2. The number of halogens is 3. The number of ether oxygens (including phenoxy) is 2. The Kier molecular flexibility index (Phi) is 16.7. The highest BCUT2D eigenvalue weighted by Crippen LogP contribution is 2.30. The summed E-state index contributed by atoms with van der Waals surface area (Å²) in [5.41, 5.74) is 4.97. The molecule has 2 N–H and O–H groups in total. The molecule has 0 spiro atoms. The van der Waals surface area contributed by atoms with Gasteiger partial charge in [-0.05, 0) is 127 Å². The van der Waals surface area contributed by atoms with E-state index in [9.17, 15) is 36.4 Å². The number of carbonyl (C=O) groups excluding carboxylic acids is 4. The number of rotatable bonds is 16. The van der Waals surface area contributed by atoms with Crippen LogP contribution >= 0.6 is 22.4 Å². The molecular formula is C55H47ClF2N4O8S2. The molecule has 0 aromatic heterocycles. The minimum Gasteiger partial charge on any atom is -0.442 e. The van der Waals surface area contributed by atoms with Crippen LogP contribution in [-0.2, 0) is 37.1 Å². The van der Waals surface area contributed by atoms with Gasteiger partial charge in [-0.25, -0.2) is 26.8 Å². The summed E-state index contributed by atoms with van der Waals surface area (Å²) < 4.78 is 60.9. The molecule has 9 rings (SSSR count). The topological polar surface area (TPSA) is 151 Å². The number of cyclic esters (lactones) is 2. The largest absolute Gasteiger partial charge is 0.442 e. The van der Waals surface area contributed by atoms with Gasteiger partial charge in [-0.1, -0.05) is 91.0 Å². The molecule has 0 bridgehead atoms. The number of amides is 4. The van der Waals surface area contributed by atoms with Crippen LogP contribution in [0, 0.1) is 11.6 Å². The minimum atomic E-state index is -3.89. The summed E-state index contributed by atoms with van der Waals surface area (Å²) in [6.07, 6.45) is -1.44. The van der Waals surface area contributed by atoms with Crippen molar-refractivity contribution < 1.29 is 45.9 Å². The number of thioether (sulfide) groups is 1. The third kappa shape index (κ3) is 13.7. The second-order valence-corrected chi connectivity index (χ2v) is 20.4. The van der Waals surface area contributed by atoms with Gasteiger partial charge in [-0.3, -0.25) is 19.4 Å². The Bertz CT molecular complexity index is 3070. The molecule has 0 saturated carbocycles. The Morgan fingerprint density at radius 3 is 1.32 bits per heavy atom. The van der Waals surface area contributed by atoms with Gasteiger partial charge in [0.05, 0.1) is 30.1 Å². The van der Waals surface area contributed by atoms with E-state index >= 15 is 0 Å². The number of anilines is 2. The van der Waals surface area contributed by atoms with Crippen molar-refractivity contribution >= 4 is 66.9 Å². The maximum atomic E-state index is 13.3. The van der Waals surface area contributed by atoms with Gasteiger partial charge in [-0.2, -0.15) is 0 Å². The van der Waals surface area contributed by atoms with E-state index in [4.69, 9.17) is 20.2 Å². The summed E-state index contributed by atoms with van der Waals surface area (Å²) in [6, 6.07) is 52.2. The predicted molar refractivity (Wildman–Crippen MR) is 273 cm³/mol. The van der Waals surface area contributed by atoms with Crippen molar-refractivity contribution in [2.45, 2.75) is 52.7 Å². The zero-order chi connectivity index (χ0) is 50.6. The summed E-state index contributed by atoms with van der Waals surface area (Å²) >= 11 is 1.73. The van der Waals surface area contributed by atoms with E-state index in [1.54, 1.807) is 16.7 Å². The Balaban J connectivity index is 0.000000194. The molecule has 17 heteroatoms. The molecule has 2 aliphatic rings. The van der Waals surface area contributed by atoms with Crippen LogP contribution in [0.4, 0.5) is 29.7 Å². The fraction of sp³-hybridized carbons (Fsp3) is 0.164. The third-order valence-corrected chi connectivity index (χ3v) is 14.3. The van der Waals surface area contributed by atoms with Gasteiger partial charge < -0.3 is 20.1 Å². The quantitative estimate of drug-likeness (QED) is 0.0712. The van der Waals surface area contributed by atoms with Crippen LogP contribution in [0.15, 0.2) is 198 Å². The van der Waals surface area contributed by atoms with E-state index in [1.807, 2.05) is 103 Å². The zero-order valence-electron chi connectivity index (χ0n) is 38.4. The first kappa shape index (κ1) is 50.8. The van der Waals surface area contributed by atoms with E-state index in [1.165, 1.54) is 83.3 Å². The molecule has 4 amide bonds. The lowest BCUT2D eigenvalue weighted by Crippen LogP contribution is -2.46. The van der Waals surface area contributed by atoms with Gasteiger partial charge in [0.15, 0.2) is 0 Å². The summed E-state index contributed by atoms with van der Waals surface area (Å²) in [5, 5.41) is 5.91. The van der Waals surface area contributed by atoms with E-state index in [0.717, 1.165) is 27.5 Å². The summed E-state index contributed by atoms with van der Waals surface area (Å²) in [6.45, 7) is 0.434. The Morgan fingerprint density at radius 2 is 0.931 bits per heavy atom. The van der Waals surface area contributed by atoms with E-state index in [2.05, 4.69) is 22.8 Å². The maximum absolute atomic E-state index is 13.3. The van der Waals surface area contributed by atoms with E-state index in [0.29, 0.717) is 30.6 Å². The average Bonchev–Trinajstić information content (AvgIpc) is 3.98. The third-order valence-electron chi connectivity index (χ3n) is 11.8. The first-order chi connectivity index (χ1) is 34.7. The Labute approximate surface area is 424 Å². The van der Waals surface area contributed by atoms with Crippen molar-refractivity contribution in [2.75, 3.05) is 22.9 Å². The van der Waals surface area contributed by atoms with Gasteiger partial charge in [0, 0.05) is 43.8 Å². The molecule has 2 aliphatic heterocycles. The number of hydrogen-bond acceptors (Lipinski definition) is 9. The smallest absolute Gasteiger partial charge is 0.414 e. The lowest BCUT2D eigenvalue weighted by atomic mass is 10.0. The van der Waals surface area contributed by atoms with Gasteiger partial charge in [0.1, 0.15) is 23.8 Å². The molecule has 4 atom stereocenters. The lowest BCUT2D eigenvalue weighted by Gasteiger charge is -2.23. The van der Waals surface area contributed by atoms with Crippen LogP contribution in [0.25, 0.3) is 0 Å². The van der Waals surface area contributed by atoms with Crippen LogP contribution in [0.2, 0.25) is 0 Å². The van der Waals surface area contributed by atoms with Gasteiger partial charge >= 0.3 is 12.2 Å². The molecule has 72 heavy (non-hydrogen) atoms. The van der Waals surface area contributed by atoms with Crippen LogP contribution < -0.4 is 20.4 Å². The van der Waals surface area contributed by atoms with E-state index in [-0.39, 0.29) is 22.9 Å². The fourth-order valence-corrected chi connectivity index (χ4v) is 9.68. The van der Waals surface area contributed by atoms with E-state index < -0.39 is 63.1 Å². The van der Waals surface area contributed by atoms with Crippen LogP contribution in [0.1, 0.15) is 37.4 Å². The van der Waals surface area contributed by atoms with Crippen molar-refractivity contribution in [1.29, 1.82) is 0 Å². The number of benzene rings is 7. The molecule has 0 radical (unpaired) electrons. The highest BCUT2D eigenvalue weighted by molar-refractivity contribution is 8.13. The Hall–Kier alpha value is -7.53. The van der Waals surface area contributed by atoms with Crippen molar-refractivity contribution in [3.63, 3.8) is 0 Å². The summed E-state index contributed by atoms with van der Waals surface area (Å²) in [5.74, 6) is -0.770. The predicted octanol–water partition coefficient (Wildman–Crippen LogP) is 10.6. The second-order valence-electron chi connectivity index (χ2n) is 16.8. The van der Waals surface area contributed by atoms with Gasteiger partial charge in [0.2, 0.25) is 0 Å². The molecule has 0 unspecified atom stereocenters. The molecular weight excluding hydrogens is 982 g/mol. The average molecular weight is 1030 g/mol. The monoisotopic (exact) mass is 1030 g/mol. The molecule has 7 aromatic carbocycles. The lowest BCUT2D eigenvalue weighted by molar-refractivity contribution is 0.0838. The van der Waals surface area contributed by atoms with Gasteiger partial charge in [-0.15, -0.1) is 11.8 Å². The fourth-order valence-electron chi connectivity index (χ4n) is 8.05. The molecule has 7 aromatic rings. The van der Waals surface area contributed by atoms with Crippen LogP contribution in [-0.4, -0.2) is 69.8 Å². The standard InChI is InChI=1S/C31H27FN2O3S.C24H20ClFN2O5S/c32-25-13-11-24(12-14-25)30(35)33-28(19-22-7-3-1-4-8-22)29-20-34(31(36)37-29)26-15-17-27(18-16-26)38-21-23-9-5-2-6-10-23;25-34(31,32)20-12-10-19(11-13-20)28-15-22(33-24(28)30)21(14-16-4-2-1-3-5-16)27-23(29)17-6-8-18(26)9-7-17/h1-18,28-29H,19-21H2,(H,33,35);1-13,21-22H,14-15H2,(H,27,29)/t28-,29-;21-,22-/m00/s1. The molecule has 2 fully saturated rings. The SMILES string of the molecule is O=C(N[C@@H](Cc1ccccc1)[C@@H]1CN(c2ccc(S(=O)(=O)Cl)cc2)C(=O)O1)c1ccc(F)cc1.O=C(N[C@@H](Cc1ccccc1)[C@@H]1CN(c2ccc(SCc3ccccc3)cc2)C(=O)O1)c1ccc(F)cc1. The first-order valence-corrected chi connectivity index (χ1v) is 26.0. The highest BCUT2D eigenvalue weighted by Gasteiger charge is 2.40. The first-order valence-electron chi connectivity index (χ1n) is 22.7. The molecule has 2 heterocycles. The maximum Gasteiger partial charge on any atom is 0.414 e. The van der Waals surface area contributed by atoms with Crippen LogP contribution in [0.5, 0.6) is 0 Å². The summed E-state index contributed by atoms with van der Waals surface area (Å²) in [7, 11) is 1.46.